The average Bonchev–Trinajstić information content (AvgIpc) is 2.26. The number of hydrogen-bond acceptors (Lipinski definition) is 2. The minimum Gasteiger partial charge on any atom is -0.370 e. The van der Waals surface area contributed by atoms with E-state index in [2.05, 4.69) is 17.2 Å². The third kappa shape index (κ3) is 2.06. The number of hydrogen-bond donors (Lipinski definition) is 1. The Labute approximate surface area is 88.1 Å². The van der Waals surface area contributed by atoms with Crippen molar-refractivity contribution in [2.24, 2.45) is 0 Å². The molecule has 0 saturated heterocycles. The summed E-state index contributed by atoms with van der Waals surface area (Å²) in [4.78, 5) is 4.21. The molecule has 0 spiro atoms. The molecule has 0 atom stereocenters. The van der Waals surface area contributed by atoms with Crippen molar-refractivity contribution < 1.29 is 4.39 Å². The number of fused-ring (bicyclic) bond motifs is 1. The lowest BCUT2D eigenvalue weighted by atomic mass is 10.1. The van der Waals surface area contributed by atoms with Crippen LogP contribution in [-0.2, 0) is 0 Å². The van der Waals surface area contributed by atoms with Gasteiger partial charge in [-0.1, -0.05) is 13.0 Å². The molecule has 3 heteroatoms. The third-order valence-corrected chi connectivity index (χ3v) is 2.27. The van der Waals surface area contributed by atoms with E-state index in [1.54, 1.807) is 12.3 Å². The quantitative estimate of drug-likeness (QED) is 0.830. The van der Waals surface area contributed by atoms with Crippen molar-refractivity contribution in [1.29, 1.82) is 0 Å². The minimum absolute atomic E-state index is 0.227. The Morgan fingerprint density at radius 1 is 1.33 bits per heavy atom. The number of pyridine rings is 1. The first-order valence-corrected chi connectivity index (χ1v) is 5.09. The van der Waals surface area contributed by atoms with Crippen molar-refractivity contribution in [1.82, 2.24) is 4.98 Å². The van der Waals surface area contributed by atoms with Crippen molar-refractivity contribution in [3.8, 4) is 0 Å². The highest BCUT2D eigenvalue weighted by molar-refractivity contribution is 5.91. The van der Waals surface area contributed by atoms with Crippen LogP contribution >= 0.6 is 0 Å². The largest absolute Gasteiger partial charge is 0.370 e. The molecule has 0 bridgehead atoms. The van der Waals surface area contributed by atoms with Gasteiger partial charge in [-0.3, -0.25) is 0 Å². The fraction of sp³-hybridized carbons (Fsp3) is 0.250. The SMILES string of the molecule is CCCNc1nccc2ccc(F)cc12. The van der Waals surface area contributed by atoms with Gasteiger partial charge in [0.2, 0.25) is 0 Å². The van der Waals surface area contributed by atoms with E-state index in [-0.39, 0.29) is 5.82 Å². The zero-order chi connectivity index (χ0) is 10.7. The Kier molecular flexibility index (Phi) is 2.81. The normalized spacial score (nSPS) is 10.5. The van der Waals surface area contributed by atoms with E-state index in [0.29, 0.717) is 0 Å². The molecule has 0 fully saturated rings. The molecule has 0 aliphatic carbocycles. The van der Waals surface area contributed by atoms with Crippen LogP contribution in [0, 0.1) is 5.82 Å². The lowest BCUT2D eigenvalue weighted by Gasteiger charge is -2.07. The van der Waals surface area contributed by atoms with Crippen LogP contribution in [0.4, 0.5) is 10.2 Å². The first-order chi connectivity index (χ1) is 7.31. The Hall–Kier alpha value is -1.64. The molecule has 0 radical (unpaired) electrons. The Morgan fingerprint density at radius 3 is 3.00 bits per heavy atom. The number of nitrogens with zero attached hydrogens (tertiary/aromatic N) is 1. The zero-order valence-electron chi connectivity index (χ0n) is 8.63. The predicted octanol–water partition coefficient (Wildman–Crippen LogP) is 3.20. The fourth-order valence-electron chi connectivity index (χ4n) is 1.52. The highest BCUT2D eigenvalue weighted by atomic mass is 19.1. The monoisotopic (exact) mass is 204 g/mol. The number of halogens is 1. The standard InChI is InChI=1S/C12H13FN2/c1-2-6-14-12-11-8-10(13)4-3-9(11)5-7-15-12/h3-5,7-8H,2,6H2,1H3,(H,14,15). The molecule has 2 aromatic rings. The summed E-state index contributed by atoms with van der Waals surface area (Å²) >= 11 is 0. The smallest absolute Gasteiger partial charge is 0.133 e. The first kappa shape index (κ1) is 9.90. The van der Waals surface area contributed by atoms with Crippen LogP contribution in [0.3, 0.4) is 0 Å². The fourth-order valence-corrected chi connectivity index (χ4v) is 1.52. The summed E-state index contributed by atoms with van der Waals surface area (Å²) in [6, 6.07) is 6.63. The second-order valence-electron chi connectivity index (χ2n) is 3.45. The first-order valence-electron chi connectivity index (χ1n) is 5.09. The lowest BCUT2D eigenvalue weighted by Crippen LogP contribution is -2.02. The highest BCUT2D eigenvalue weighted by Gasteiger charge is 2.02. The molecule has 0 saturated carbocycles. The van der Waals surface area contributed by atoms with Crippen LogP contribution < -0.4 is 5.32 Å². The van der Waals surface area contributed by atoms with E-state index >= 15 is 0 Å². The molecule has 15 heavy (non-hydrogen) atoms. The highest BCUT2D eigenvalue weighted by Crippen LogP contribution is 2.21. The molecule has 78 valence electrons. The van der Waals surface area contributed by atoms with E-state index < -0.39 is 0 Å². The summed E-state index contributed by atoms with van der Waals surface area (Å²) < 4.78 is 13.1. The molecule has 0 unspecified atom stereocenters. The summed E-state index contributed by atoms with van der Waals surface area (Å²) in [7, 11) is 0. The number of rotatable bonds is 3. The Bertz CT molecular complexity index is 468. The zero-order valence-corrected chi connectivity index (χ0v) is 8.63. The van der Waals surface area contributed by atoms with Crippen molar-refractivity contribution in [3.05, 3.63) is 36.3 Å². The summed E-state index contributed by atoms with van der Waals surface area (Å²) in [5, 5.41) is 5.03. The third-order valence-electron chi connectivity index (χ3n) is 2.27. The topological polar surface area (TPSA) is 24.9 Å². The van der Waals surface area contributed by atoms with Gasteiger partial charge in [0.25, 0.3) is 0 Å². The van der Waals surface area contributed by atoms with Gasteiger partial charge in [-0.15, -0.1) is 0 Å². The van der Waals surface area contributed by atoms with Gasteiger partial charge in [0.05, 0.1) is 0 Å². The van der Waals surface area contributed by atoms with Crippen LogP contribution in [0.5, 0.6) is 0 Å². The maximum Gasteiger partial charge on any atom is 0.133 e. The van der Waals surface area contributed by atoms with E-state index in [1.807, 2.05) is 6.07 Å². The van der Waals surface area contributed by atoms with Gasteiger partial charge in [-0.25, -0.2) is 9.37 Å². The van der Waals surface area contributed by atoms with E-state index in [1.165, 1.54) is 12.1 Å². The number of aromatic nitrogens is 1. The van der Waals surface area contributed by atoms with Gasteiger partial charge in [0.1, 0.15) is 11.6 Å². The summed E-state index contributed by atoms with van der Waals surface area (Å²) in [5.74, 6) is 0.531. The Morgan fingerprint density at radius 2 is 2.20 bits per heavy atom. The van der Waals surface area contributed by atoms with Gasteiger partial charge in [-0.2, -0.15) is 0 Å². The Balaban J connectivity index is 2.48. The van der Waals surface area contributed by atoms with Gasteiger partial charge in [0.15, 0.2) is 0 Å². The lowest BCUT2D eigenvalue weighted by molar-refractivity contribution is 0.629. The summed E-state index contributed by atoms with van der Waals surface area (Å²) in [6.45, 7) is 2.93. The van der Waals surface area contributed by atoms with Crippen molar-refractivity contribution >= 4 is 16.6 Å². The van der Waals surface area contributed by atoms with Crippen LogP contribution in [-0.4, -0.2) is 11.5 Å². The van der Waals surface area contributed by atoms with Crippen molar-refractivity contribution in [3.63, 3.8) is 0 Å². The van der Waals surface area contributed by atoms with Gasteiger partial charge >= 0.3 is 0 Å². The van der Waals surface area contributed by atoms with Crippen LogP contribution in [0.25, 0.3) is 10.8 Å². The average molecular weight is 204 g/mol. The predicted molar refractivity (Wildman–Crippen MR) is 60.5 cm³/mol. The maximum atomic E-state index is 13.1. The van der Waals surface area contributed by atoms with Crippen LogP contribution in [0.15, 0.2) is 30.5 Å². The molecule has 1 aromatic carbocycles. The van der Waals surface area contributed by atoms with Gasteiger partial charge in [-0.05, 0) is 30.0 Å². The second kappa shape index (κ2) is 4.26. The number of nitrogens with one attached hydrogen (secondary N) is 1. The summed E-state index contributed by atoms with van der Waals surface area (Å²) in [5.41, 5.74) is 0. The van der Waals surface area contributed by atoms with E-state index in [4.69, 9.17) is 0 Å². The molecule has 2 nitrogen and oxygen atoms in total. The van der Waals surface area contributed by atoms with Crippen LogP contribution in [0.2, 0.25) is 0 Å². The molecule has 0 amide bonds. The van der Waals surface area contributed by atoms with Gasteiger partial charge in [0, 0.05) is 18.1 Å². The van der Waals surface area contributed by atoms with Crippen LogP contribution in [0.1, 0.15) is 13.3 Å². The molecule has 0 aliphatic rings. The van der Waals surface area contributed by atoms with E-state index in [0.717, 1.165) is 29.6 Å². The molecule has 1 heterocycles. The van der Waals surface area contributed by atoms with Gasteiger partial charge < -0.3 is 5.32 Å². The van der Waals surface area contributed by atoms with Crippen molar-refractivity contribution in [2.75, 3.05) is 11.9 Å². The molecule has 1 aromatic heterocycles. The molecular formula is C12H13FN2. The molecule has 1 N–H and O–H groups in total. The number of anilines is 1. The molecule has 0 aliphatic heterocycles. The van der Waals surface area contributed by atoms with E-state index in [9.17, 15) is 4.39 Å². The maximum absolute atomic E-state index is 13.1. The molecule has 2 rings (SSSR count). The summed E-state index contributed by atoms with van der Waals surface area (Å²) in [6.07, 6.45) is 2.76. The number of benzene rings is 1. The van der Waals surface area contributed by atoms with Crippen molar-refractivity contribution in [2.45, 2.75) is 13.3 Å². The minimum atomic E-state index is -0.227. The second-order valence-corrected chi connectivity index (χ2v) is 3.45. The molecular weight excluding hydrogens is 191 g/mol.